The van der Waals surface area contributed by atoms with Crippen molar-refractivity contribution in [1.29, 1.82) is 0 Å². The van der Waals surface area contributed by atoms with E-state index in [1.807, 2.05) is 36.4 Å². The minimum absolute atomic E-state index is 0.383. The van der Waals surface area contributed by atoms with E-state index in [2.05, 4.69) is 61.8 Å². The molecule has 0 aliphatic rings. The highest BCUT2D eigenvalue weighted by Crippen LogP contribution is 2.37. The van der Waals surface area contributed by atoms with E-state index in [4.69, 9.17) is 0 Å². The van der Waals surface area contributed by atoms with Crippen molar-refractivity contribution in [1.82, 2.24) is 9.80 Å². The fourth-order valence-electron chi connectivity index (χ4n) is 5.11. The molecule has 0 radical (unpaired) electrons. The summed E-state index contributed by atoms with van der Waals surface area (Å²) >= 11 is 0. The van der Waals surface area contributed by atoms with Crippen LogP contribution in [0.25, 0.3) is 21.5 Å². The molecule has 184 valence electrons. The second-order valence-corrected chi connectivity index (χ2v) is 9.28. The Bertz CT molecular complexity index is 1210. The third-order valence-corrected chi connectivity index (χ3v) is 7.32. The van der Waals surface area contributed by atoms with Gasteiger partial charge in [-0.1, -0.05) is 76.2 Å². The summed E-state index contributed by atoms with van der Waals surface area (Å²) in [7, 11) is 0. The molecule has 0 saturated heterocycles. The van der Waals surface area contributed by atoms with E-state index in [1.54, 1.807) is 0 Å². The maximum absolute atomic E-state index is 11.1. The molecule has 0 aromatic heterocycles. The van der Waals surface area contributed by atoms with Crippen molar-refractivity contribution in [3.63, 3.8) is 0 Å². The first kappa shape index (κ1) is 25.0. The van der Waals surface area contributed by atoms with Gasteiger partial charge in [-0.3, -0.25) is 9.80 Å². The second kappa shape index (κ2) is 11.1. The van der Waals surface area contributed by atoms with Gasteiger partial charge in [0, 0.05) is 35.0 Å². The zero-order chi connectivity index (χ0) is 24.9. The van der Waals surface area contributed by atoms with Crippen molar-refractivity contribution >= 4 is 21.5 Å². The Morgan fingerprint density at radius 3 is 1.20 bits per heavy atom. The molecule has 2 N–H and O–H groups in total. The molecule has 35 heavy (non-hydrogen) atoms. The standard InChI is InChI=1S/C31H38N2O2/c1-5-32(6-2)20-24-18-22(26-13-9-11-15-28(26)30(24)34)17-23-19-25(21-33(7-3)8-4)31(35)29-16-12-10-14-27(23)29/h9-16,18-19,34-35H,5-8,17,20-21H2,1-4H3. The fourth-order valence-corrected chi connectivity index (χ4v) is 5.11. The third kappa shape index (κ3) is 5.14. The largest absolute Gasteiger partial charge is 0.507 e. The highest BCUT2D eigenvalue weighted by Gasteiger charge is 2.17. The maximum Gasteiger partial charge on any atom is 0.127 e. The van der Waals surface area contributed by atoms with Crippen molar-refractivity contribution in [2.75, 3.05) is 26.2 Å². The minimum atomic E-state index is 0.383. The minimum Gasteiger partial charge on any atom is -0.507 e. The van der Waals surface area contributed by atoms with E-state index in [9.17, 15) is 10.2 Å². The molecule has 4 rings (SSSR count). The van der Waals surface area contributed by atoms with Crippen LogP contribution >= 0.6 is 0 Å². The van der Waals surface area contributed by atoms with Crippen LogP contribution in [0.3, 0.4) is 0 Å². The molecule has 0 aliphatic carbocycles. The predicted molar refractivity (Wildman–Crippen MR) is 147 cm³/mol. The number of benzene rings is 4. The van der Waals surface area contributed by atoms with Crippen LogP contribution in [-0.4, -0.2) is 46.2 Å². The summed E-state index contributed by atoms with van der Waals surface area (Å²) in [6.45, 7) is 13.8. The Morgan fingerprint density at radius 1 is 0.514 bits per heavy atom. The quantitative estimate of drug-likeness (QED) is 0.271. The van der Waals surface area contributed by atoms with Gasteiger partial charge in [-0.15, -0.1) is 0 Å². The molecular weight excluding hydrogens is 432 g/mol. The van der Waals surface area contributed by atoms with Crippen molar-refractivity contribution in [2.45, 2.75) is 47.2 Å². The third-order valence-electron chi connectivity index (χ3n) is 7.32. The molecular formula is C31H38N2O2. The first-order chi connectivity index (χ1) is 17.0. The lowest BCUT2D eigenvalue weighted by Crippen LogP contribution is -2.22. The molecule has 0 amide bonds. The molecule has 0 heterocycles. The van der Waals surface area contributed by atoms with E-state index in [0.29, 0.717) is 11.5 Å². The highest BCUT2D eigenvalue weighted by atomic mass is 16.3. The van der Waals surface area contributed by atoms with Gasteiger partial charge in [-0.05, 0) is 66.6 Å². The molecule has 0 bridgehead atoms. The fraction of sp³-hybridized carbons (Fsp3) is 0.355. The van der Waals surface area contributed by atoms with Gasteiger partial charge in [-0.25, -0.2) is 0 Å². The number of nitrogens with zero attached hydrogens (tertiary/aromatic N) is 2. The van der Waals surface area contributed by atoms with E-state index in [0.717, 1.165) is 78.4 Å². The first-order valence-electron chi connectivity index (χ1n) is 12.9. The molecule has 0 spiro atoms. The summed E-state index contributed by atoms with van der Waals surface area (Å²) < 4.78 is 0. The summed E-state index contributed by atoms with van der Waals surface area (Å²) in [6, 6.07) is 20.7. The van der Waals surface area contributed by atoms with Crippen LogP contribution in [0.1, 0.15) is 49.9 Å². The summed E-state index contributed by atoms with van der Waals surface area (Å²) in [4.78, 5) is 4.65. The van der Waals surface area contributed by atoms with E-state index in [1.165, 1.54) is 11.1 Å². The monoisotopic (exact) mass is 470 g/mol. The van der Waals surface area contributed by atoms with Crippen molar-refractivity contribution in [3.05, 3.63) is 82.9 Å². The first-order valence-corrected chi connectivity index (χ1v) is 12.9. The SMILES string of the molecule is CCN(CC)Cc1cc(Cc2cc(CN(CC)CC)c(O)c3ccccc23)c2ccccc2c1O. The zero-order valence-corrected chi connectivity index (χ0v) is 21.5. The van der Waals surface area contributed by atoms with Crippen LogP contribution in [0.15, 0.2) is 60.7 Å². The number of phenolic OH excluding ortho intramolecular Hbond substituents is 2. The topological polar surface area (TPSA) is 46.9 Å². The van der Waals surface area contributed by atoms with E-state index < -0.39 is 0 Å². The number of phenols is 2. The molecule has 0 unspecified atom stereocenters. The molecule has 4 aromatic rings. The average molecular weight is 471 g/mol. The predicted octanol–water partition coefficient (Wildman–Crippen LogP) is 6.68. The van der Waals surface area contributed by atoms with Gasteiger partial charge < -0.3 is 10.2 Å². The van der Waals surface area contributed by atoms with Gasteiger partial charge in [0.1, 0.15) is 11.5 Å². The maximum atomic E-state index is 11.1. The molecule has 4 heteroatoms. The zero-order valence-electron chi connectivity index (χ0n) is 21.5. The molecule has 0 saturated carbocycles. The van der Waals surface area contributed by atoms with Crippen molar-refractivity contribution in [2.24, 2.45) is 0 Å². The van der Waals surface area contributed by atoms with Crippen molar-refractivity contribution in [3.8, 4) is 11.5 Å². The number of fused-ring (bicyclic) bond motifs is 2. The lowest BCUT2D eigenvalue weighted by molar-refractivity contribution is 0.291. The molecule has 0 aliphatic heterocycles. The number of hydrogen-bond donors (Lipinski definition) is 2. The van der Waals surface area contributed by atoms with Gasteiger partial charge in [0.05, 0.1) is 0 Å². The lowest BCUT2D eigenvalue weighted by atomic mass is 9.91. The van der Waals surface area contributed by atoms with Gasteiger partial charge in [0.15, 0.2) is 0 Å². The summed E-state index contributed by atoms with van der Waals surface area (Å²) in [5, 5.41) is 26.2. The van der Waals surface area contributed by atoms with Gasteiger partial charge >= 0.3 is 0 Å². The lowest BCUT2D eigenvalue weighted by Gasteiger charge is -2.22. The van der Waals surface area contributed by atoms with Crippen LogP contribution < -0.4 is 0 Å². The van der Waals surface area contributed by atoms with Crippen molar-refractivity contribution < 1.29 is 10.2 Å². The van der Waals surface area contributed by atoms with Crippen LogP contribution in [0.5, 0.6) is 11.5 Å². The van der Waals surface area contributed by atoms with E-state index in [-0.39, 0.29) is 0 Å². The van der Waals surface area contributed by atoms with Gasteiger partial charge in [0.25, 0.3) is 0 Å². The summed E-state index contributed by atoms with van der Waals surface area (Å²) in [6.07, 6.45) is 0.734. The normalized spacial score (nSPS) is 11.8. The number of aromatic hydroxyl groups is 2. The van der Waals surface area contributed by atoms with Crippen LogP contribution in [0.2, 0.25) is 0 Å². The Labute approximate surface area is 209 Å². The molecule has 0 fully saturated rings. The van der Waals surface area contributed by atoms with Gasteiger partial charge in [0.2, 0.25) is 0 Å². The number of rotatable bonds is 10. The van der Waals surface area contributed by atoms with E-state index >= 15 is 0 Å². The van der Waals surface area contributed by atoms with Crippen LogP contribution in [0, 0.1) is 0 Å². The highest BCUT2D eigenvalue weighted by molar-refractivity contribution is 5.95. The summed E-state index contributed by atoms with van der Waals surface area (Å²) in [5.74, 6) is 0.767. The molecule has 4 nitrogen and oxygen atoms in total. The Balaban J connectivity index is 1.86. The molecule has 4 aromatic carbocycles. The van der Waals surface area contributed by atoms with Crippen LogP contribution in [0.4, 0.5) is 0 Å². The Morgan fingerprint density at radius 2 is 0.857 bits per heavy atom. The second-order valence-electron chi connectivity index (χ2n) is 9.28. The van der Waals surface area contributed by atoms with Gasteiger partial charge in [-0.2, -0.15) is 0 Å². The summed E-state index contributed by atoms with van der Waals surface area (Å²) in [5.41, 5.74) is 4.33. The molecule has 0 atom stereocenters. The Kier molecular flexibility index (Phi) is 7.94. The van der Waals surface area contributed by atoms with Crippen LogP contribution in [-0.2, 0) is 19.5 Å². The smallest absolute Gasteiger partial charge is 0.127 e. The number of hydrogen-bond acceptors (Lipinski definition) is 4. The average Bonchev–Trinajstić information content (AvgIpc) is 2.90. The Hall–Kier alpha value is -3.08.